The first kappa shape index (κ1) is 13.2. The fraction of sp³-hybridized carbons (Fsp3) is 0.750. The number of amides is 1. The summed E-state index contributed by atoms with van der Waals surface area (Å²) in [5.41, 5.74) is 0. The van der Waals surface area contributed by atoms with Crippen molar-refractivity contribution in [1.29, 1.82) is 0 Å². The number of ether oxygens (including phenoxy) is 1. The highest BCUT2D eigenvalue weighted by molar-refractivity contribution is 5.87. The van der Waals surface area contributed by atoms with Crippen LogP contribution in [0.15, 0.2) is 12.2 Å². The van der Waals surface area contributed by atoms with E-state index in [1.165, 1.54) is 6.08 Å². The molecule has 92 valence electrons. The molecular weight excluding hydrogens is 204 g/mol. The van der Waals surface area contributed by atoms with Crippen LogP contribution in [0.2, 0.25) is 0 Å². The van der Waals surface area contributed by atoms with E-state index in [1.54, 1.807) is 6.08 Å². The highest BCUT2D eigenvalue weighted by Crippen LogP contribution is 2.06. The summed E-state index contributed by atoms with van der Waals surface area (Å²) in [6, 6.07) is 0. The minimum atomic E-state index is -0.0237. The molecule has 0 radical (unpaired) electrons. The molecular formula is C12H22N2O2. The molecule has 0 aromatic heterocycles. The lowest BCUT2D eigenvalue weighted by atomic mass is 10.1. The van der Waals surface area contributed by atoms with Gasteiger partial charge in [-0.3, -0.25) is 4.79 Å². The topological polar surface area (TPSA) is 50.4 Å². The SMILES string of the molecule is CC=CC(=O)NCCCOC1CCNCC1. The number of carbonyl (C=O) groups is 1. The van der Waals surface area contributed by atoms with E-state index in [9.17, 15) is 4.79 Å². The molecule has 0 aromatic carbocycles. The van der Waals surface area contributed by atoms with Crippen molar-refractivity contribution in [2.45, 2.75) is 32.3 Å². The number of carbonyl (C=O) groups excluding carboxylic acids is 1. The smallest absolute Gasteiger partial charge is 0.243 e. The van der Waals surface area contributed by atoms with Crippen LogP contribution in [0.5, 0.6) is 0 Å². The van der Waals surface area contributed by atoms with Gasteiger partial charge in [0.25, 0.3) is 0 Å². The summed E-state index contributed by atoms with van der Waals surface area (Å²) >= 11 is 0. The molecule has 16 heavy (non-hydrogen) atoms. The molecule has 0 bridgehead atoms. The van der Waals surface area contributed by atoms with Crippen LogP contribution in [-0.4, -0.2) is 38.3 Å². The lowest BCUT2D eigenvalue weighted by molar-refractivity contribution is -0.116. The summed E-state index contributed by atoms with van der Waals surface area (Å²) in [5, 5.41) is 6.10. The van der Waals surface area contributed by atoms with Crippen LogP contribution in [0.1, 0.15) is 26.2 Å². The van der Waals surface area contributed by atoms with Crippen molar-refractivity contribution in [2.75, 3.05) is 26.2 Å². The predicted octanol–water partition coefficient (Wildman–Crippen LogP) is 0.837. The fourth-order valence-electron chi connectivity index (χ4n) is 1.71. The van der Waals surface area contributed by atoms with E-state index in [2.05, 4.69) is 10.6 Å². The number of allylic oxidation sites excluding steroid dienone is 1. The third-order valence-electron chi connectivity index (χ3n) is 2.58. The maximum absolute atomic E-state index is 11.1. The van der Waals surface area contributed by atoms with Crippen molar-refractivity contribution in [2.24, 2.45) is 0 Å². The first-order chi connectivity index (χ1) is 7.83. The van der Waals surface area contributed by atoms with Gasteiger partial charge >= 0.3 is 0 Å². The zero-order valence-corrected chi connectivity index (χ0v) is 10.00. The van der Waals surface area contributed by atoms with Crippen LogP contribution in [0.4, 0.5) is 0 Å². The van der Waals surface area contributed by atoms with E-state index >= 15 is 0 Å². The highest BCUT2D eigenvalue weighted by atomic mass is 16.5. The van der Waals surface area contributed by atoms with E-state index in [-0.39, 0.29) is 5.91 Å². The molecule has 0 saturated carbocycles. The fourth-order valence-corrected chi connectivity index (χ4v) is 1.71. The second-order valence-corrected chi connectivity index (χ2v) is 3.96. The molecule has 4 heteroatoms. The first-order valence-electron chi connectivity index (χ1n) is 6.06. The molecule has 1 amide bonds. The monoisotopic (exact) mass is 226 g/mol. The molecule has 1 fully saturated rings. The van der Waals surface area contributed by atoms with E-state index in [4.69, 9.17) is 4.74 Å². The zero-order chi connectivity index (χ0) is 11.6. The summed E-state index contributed by atoms with van der Waals surface area (Å²) in [5.74, 6) is -0.0237. The van der Waals surface area contributed by atoms with Crippen molar-refractivity contribution < 1.29 is 9.53 Å². The van der Waals surface area contributed by atoms with Gasteiger partial charge in [0.15, 0.2) is 0 Å². The second kappa shape index (κ2) is 8.30. The largest absolute Gasteiger partial charge is 0.378 e. The average Bonchev–Trinajstić information content (AvgIpc) is 2.30. The lowest BCUT2D eigenvalue weighted by Gasteiger charge is -2.22. The molecule has 1 saturated heterocycles. The van der Waals surface area contributed by atoms with Gasteiger partial charge in [-0.25, -0.2) is 0 Å². The van der Waals surface area contributed by atoms with Crippen LogP contribution in [-0.2, 0) is 9.53 Å². The molecule has 4 nitrogen and oxygen atoms in total. The van der Waals surface area contributed by atoms with Crippen LogP contribution in [0.3, 0.4) is 0 Å². The van der Waals surface area contributed by atoms with Crippen LogP contribution >= 0.6 is 0 Å². The molecule has 1 aliphatic rings. The summed E-state index contributed by atoms with van der Waals surface area (Å²) in [4.78, 5) is 11.1. The van der Waals surface area contributed by atoms with Crippen molar-refractivity contribution in [1.82, 2.24) is 10.6 Å². The molecule has 2 N–H and O–H groups in total. The Kier molecular flexibility index (Phi) is 6.85. The maximum atomic E-state index is 11.1. The van der Waals surface area contributed by atoms with Gasteiger partial charge in [0.05, 0.1) is 6.10 Å². The van der Waals surface area contributed by atoms with Crippen molar-refractivity contribution in [3.05, 3.63) is 12.2 Å². The maximum Gasteiger partial charge on any atom is 0.243 e. The van der Waals surface area contributed by atoms with E-state index in [0.717, 1.165) is 39.0 Å². The Hall–Kier alpha value is -0.870. The summed E-state index contributed by atoms with van der Waals surface area (Å²) in [6.45, 7) is 5.38. The minimum absolute atomic E-state index is 0.0237. The number of piperidine rings is 1. The van der Waals surface area contributed by atoms with Crippen LogP contribution in [0, 0.1) is 0 Å². The second-order valence-electron chi connectivity index (χ2n) is 3.96. The molecule has 0 aromatic rings. The third kappa shape index (κ3) is 5.88. The molecule has 0 unspecified atom stereocenters. The zero-order valence-electron chi connectivity index (χ0n) is 10.00. The van der Waals surface area contributed by atoms with Gasteiger partial charge in [-0.2, -0.15) is 0 Å². The Morgan fingerprint density at radius 2 is 2.25 bits per heavy atom. The Morgan fingerprint density at radius 1 is 1.50 bits per heavy atom. The Balaban J connectivity index is 1.93. The number of rotatable bonds is 6. The Labute approximate surface area is 97.4 Å². The number of hydrogen-bond acceptors (Lipinski definition) is 3. The molecule has 1 heterocycles. The summed E-state index contributed by atoms with van der Waals surface area (Å²) in [7, 11) is 0. The molecule has 1 rings (SSSR count). The third-order valence-corrected chi connectivity index (χ3v) is 2.58. The molecule has 0 spiro atoms. The van der Waals surface area contributed by atoms with E-state index < -0.39 is 0 Å². The Morgan fingerprint density at radius 3 is 2.94 bits per heavy atom. The van der Waals surface area contributed by atoms with Crippen molar-refractivity contribution in [3.63, 3.8) is 0 Å². The van der Waals surface area contributed by atoms with Gasteiger partial charge in [-0.05, 0) is 45.4 Å². The summed E-state index contributed by atoms with van der Waals surface area (Å²) in [6.07, 6.45) is 6.77. The quantitative estimate of drug-likeness (QED) is 0.521. The van der Waals surface area contributed by atoms with Gasteiger partial charge in [-0.1, -0.05) is 6.08 Å². The van der Waals surface area contributed by atoms with E-state index in [0.29, 0.717) is 12.6 Å². The molecule has 0 atom stereocenters. The predicted molar refractivity (Wildman–Crippen MR) is 64.3 cm³/mol. The normalized spacial score (nSPS) is 17.8. The molecule has 1 aliphatic heterocycles. The van der Waals surface area contributed by atoms with Gasteiger partial charge in [0.2, 0.25) is 5.91 Å². The lowest BCUT2D eigenvalue weighted by Crippen LogP contribution is -2.33. The summed E-state index contributed by atoms with van der Waals surface area (Å²) < 4.78 is 5.72. The van der Waals surface area contributed by atoms with Gasteiger partial charge < -0.3 is 15.4 Å². The van der Waals surface area contributed by atoms with Gasteiger partial charge in [-0.15, -0.1) is 0 Å². The average molecular weight is 226 g/mol. The van der Waals surface area contributed by atoms with Crippen molar-refractivity contribution >= 4 is 5.91 Å². The number of nitrogens with one attached hydrogen (secondary N) is 2. The molecule has 0 aliphatic carbocycles. The van der Waals surface area contributed by atoms with Crippen molar-refractivity contribution in [3.8, 4) is 0 Å². The minimum Gasteiger partial charge on any atom is -0.378 e. The Bertz CT molecular complexity index is 223. The standard InChI is InChI=1S/C12H22N2O2/c1-2-4-12(15)14-7-3-10-16-11-5-8-13-9-6-11/h2,4,11,13H,3,5-10H2,1H3,(H,14,15). The van der Waals surface area contributed by atoms with Gasteiger partial charge in [0, 0.05) is 13.2 Å². The van der Waals surface area contributed by atoms with Gasteiger partial charge in [0.1, 0.15) is 0 Å². The number of hydrogen-bond donors (Lipinski definition) is 2. The van der Waals surface area contributed by atoms with E-state index in [1.807, 2.05) is 6.92 Å². The first-order valence-corrected chi connectivity index (χ1v) is 6.06. The van der Waals surface area contributed by atoms with Crippen LogP contribution < -0.4 is 10.6 Å². The van der Waals surface area contributed by atoms with Crippen LogP contribution in [0.25, 0.3) is 0 Å². The highest BCUT2D eigenvalue weighted by Gasteiger charge is 2.12.